The average molecular weight is 378 g/mol. The third-order valence-corrected chi connectivity index (χ3v) is 3.84. The highest BCUT2D eigenvalue weighted by Gasteiger charge is 2.08. The van der Waals surface area contributed by atoms with Gasteiger partial charge in [-0.15, -0.1) is 10.2 Å². The lowest BCUT2D eigenvalue weighted by atomic mass is 10.2. The maximum absolute atomic E-state index is 12.4. The van der Waals surface area contributed by atoms with E-state index in [0.29, 0.717) is 17.1 Å². The van der Waals surface area contributed by atoms with E-state index in [1.807, 2.05) is 0 Å². The molecule has 0 saturated carbocycles. The zero-order chi connectivity index (χ0) is 19.3. The molecule has 0 aliphatic heterocycles. The van der Waals surface area contributed by atoms with Gasteiger partial charge in [-0.3, -0.25) is 9.59 Å². The van der Waals surface area contributed by atoms with Crippen molar-refractivity contribution in [2.24, 2.45) is 0 Å². The first-order valence-electron chi connectivity index (χ1n) is 8.25. The van der Waals surface area contributed by atoms with Gasteiger partial charge >= 0.3 is 0 Å². The number of benzene rings is 1. The molecular formula is C16H14N10O2. The van der Waals surface area contributed by atoms with Crippen LogP contribution in [0, 0.1) is 0 Å². The molecule has 1 aromatic carbocycles. The standard InChI is InChI=1S/C16H14N10O2/c27-15-5-4-14(26-10-17-9-20-26)21-24(15)7-6-18-16(28)12-2-1-3-13(8-12)25-11-19-22-23-25/h1-5,8-11H,6-7H2,(H,18,28). The second kappa shape index (κ2) is 7.57. The molecule has 4 rings (SSSR count). The molecule has 0 unspecified atom stereocenters. The van der Waals surface area contributed by atoms with Gasteiger partial charge in [0, 0.05) is 18.2 Å². The second-order valence-corrected chi connectivity index (χ2v) is 5.65. The predicted molar refractivity (Wildman–Crippen MR) is 94.9 cm³/mol. The van der Waals surface area contributed by atoms with Crippen molar-refractivity contribution in [3.05, 3.63) is 71.3 Å². The molecule has 0 spiro atoms. The van der Waals surface area contributed by atoms with Gasteiger partial charge in [-0.2, -0.15) is 5.10 Å². The zero-order valence-electron chi connectivity index (χ0n) is 14.5. The average Bonchev–Trinajstić information content (AvgIpc) is 3.44. The minimum absolute atomic E-state index is 0.208. The smallest absolute Gasteiger partial charge is 0.266 e. The van der Waals surface area contributed by atoms with Crippen LogP contribution >= 0.6 is 0 Å². The number of amides is 1. The van der Waals surface area contributed by atoms with E-state index in [2.05, 4.69) is 36.0 Å². The van der Waals surface area contributed by atoms with E-state index in [-0.39, 0.29) is 24.6 Å². The lowest BCUT2D eigenvalue weighted by Gasteiger charge is -2.09. The van der Waals surface area contributed by atoms with Crippen LogP contribution in [0.3, 0.4) is 0 Å². The highest BCUT2D eigenvalue weighted by Crippen LogP contribution is 2.08. The molecule has 0 aliphatic rings. The van der Waals surface area contributed by atoms with E-state index in [0.717, 1.165) is 0 Å². The third kappa shape index (κ3) is 3.65. The Kier molecular flexibility index (Phi) is 4.65. The van der Waals surface area contributed by atoms with Crippen LogP contribution in [0.1, 0.15) is 10.4 Å². The van der Waals surface area contributed by atoms with E-state index in [1.165, 1.54) is 39.1 Å². The number of nitrogens with zero attached hydrogens (tertiary/aromatic N) is 9. The van der Waals surface area contributed by atoms with E-state index >= 15 is 0 Å². The number of hydrogen-bond donors (Lipinski definition) is 1. The fraction of sp³-hybridized carbons (Fsp3) is 0.125. The Bertz CT molecular complexity index is 1130. The fourth-order valence-electron chi connectivity index (χ4n) is 2.49. The summed E-state index contributed by atoms with van der Waals surface area (Å²) >= 11 is 0. The highest BCUT2D eigenvalue weighted by molar-refractivity contribution is 5.94. The summed E-state index contributed by atoms with van der Waals surface area (Å²) in [6.07, 6.45) is 4.30. The van der Waals surface area contributed by atoms with Crippen molar-refractivity contribution in [2.75, 3.05) is 6.54 Å². The zero-order valence-corrected chi connectivity index (χ0v) is 14.5. The molecule has 140 valence electrons. The molecule has 0 radical (unpaired) electrons. The van der Waals surface area contributed by atoms with Crippen molar-refractivity contribution < 1.29 is 4.79 Å². The molecule has 28 heavy (non-hydrogen) atoms. The molecule has 4 aromatic rings. The van der Waals surface area contributed by atoms with Crippen molar-refractivity contribution >= 4 is 5.91 Å². The summed E-state index contributed by atoms with van der Waals surface area (Å²) in [6.45, 7) is 0.432. The topological polar surface area (TPSA) is 138 Å². The van der Waals surface area contributed by atoms with Gasteiger partial charge in [0.1, 0.15) is 19.0 Å². The number of carbonyl (C=O) groups is 1. The number of carbonyl (C=O) groups excluding carboxylic acids is 1. The molecule has 0 atom stereocenters. The second-order valence-electron chi connectivity index (χ2n) is 5.65. The maximum atomic E-state index is 12.4. The monoisotopic (exact) mass is 378 g/mol. The number of nitrogens with one attached hydrogen (secondary N) is 1. The molecule has 12 heteroatoms. The fourth-order valence-corrected chi connectivity index (χ4v) is 2.49. The number of aromatic nitrogens is 9. The van der Waals surface area contributed by atoms with Gasteiger partial charge in [0.25, 0.3) is 11.5 Å². The van der Waals surface area contributed by atoms with Crippen LogP contribution in [-0.2, 0) is 6.54 Å². The Hall–Kier alpha value is -4.22. The lowest BCUT2D eigenvalue weighted by Crippen LogP contribution is -2.32. The molecule has 12 nitrogen and oxygen atoms in total. The summed E-state index contributed by atoms with van der Waals surface area (Å²) in [4.78, 5) is 28.2. The minimum atomic E-state index is -0.282. The van der Waals surface area contributed by atoms with Crippen LogP contribution in [0.15, 0.2) is 60.2 Å². The predicted octanol–water partition coefficient (Wildman–Crippen LogP) is -0.770. The van der Waals surface area contributed by atoms with Crippen LogP contribution in [-0.4, -0.2) is 57.2 Å². The molecule has 0 fully saturated rings. The molecule has 0 saturated heterocycles. The van der Waals surface area contributed by atoms with Crippen LogP contribution in [0.5, 0.6) is 0 Å². The summed E-state index contributed by atoms with van der Waals surface area (Å²) in [6, 6.07) is 9.81. The largest absolute Gasteiger partial charge is 0.350 e. The first kappa shape index (κ1) is 17.2. The summed E-state index contributed by atoms with van der Waals surface area (Å²) in [5.41, 5.74) is 0.833. The summed E-state index contributed by atoms with van der Waals surface area (Å²) < 4.78 is 4.16. The number of rotatable bonds is 6. The third-order valence-electron chi connectivity index (χ3n) is 3.84. The summed E-state index contributed by atoms with van der Waals surface area (Å²) in [7, 11) is 0. The van der Waals surface area contributed by atoms with Crippen LogP contribution in [0.2, 0.25) is 0 Å². The maximum Gasteiger partial charge on any atom is 0.266 e. The lowest BCUT2D eigenvalue weighted by molar-refractivity contribution is 0.0951. The van der Waals surface area contributed by atoms with E-state index in [1.54, 1.807) is 30.3 Å². The van der Waals surface area contributed by atoms with Gasteiger partial charge < -0.3 is 5.32 Å². The Balaban J connectivity index is 1.42. The Morgan fingerprint density at radius 3 is 2.82 bits per heavy atom. The minimum Gasteiger partial charge on any atom is -0.350 e. The van der Waals surface area contributed by atoms with Crippen LogP contribution < -0.4 is 10.9 Å². The van der Waals surface area contributed by atoms with Crippen molar-refractivity contribution in [3.8, 4) is 11.5 Å². The van der Waals surface area contributed by atoms with Crippen molar-refractivity contribution in [1.82, 2.24) is 50.1 Å². The normalized spacial score (nSPS) is 10.7. The Morgan fingerprint density at radius 1 is 1.11 bits per heavy atom. The Labute approximate surface area is 157 Å². The van der Waals surface area contributed by atoms with Gasteiger partial charge in [0.15, 0.2) is 5.82 Å². The Morgan fingerprint density at radius 2 is 2.04 bits per heavy atom. The molecule has 1 amide bonds. The summed E-state index contributed by atoms with van der Waals surface area (Å²) in [5.74, 6) is 0.174. The van der Waals surface area contributed by atoms with Crippen molar-refractivity contribution in [2.45, 2.75) is 6.54 Å². The van der Waals surface area contributed by atoms with E-state index in [9.17, 15) is 9.59 Å². The van der Waals surface area contributed by atoms with E-state index in [4.69, 9.17) is 0 Å². The number of hydrogen-bond acceptors (Lipinski definition) is 8. The van der Waals surface area contributed by atoms with E-state index < -0.39 is 0 Å². The SMILES string of the molecule is O=C(NCCn1nc(-n2cncn2)ccc1=O)c1cccc(-n2cnnn2)c1. The highest BCUT2D eigenvalue weighted by atomic mass is 16.2. The van der Waals surface area contributed by atoms with Crippen LogP contribution in [0.4, 0.5) is 0 Å². The molecule has 3 aromatic heterocycles. The molecular weight excluding hydrogens is 364 g/mol. The summed E-state index contributed by atoms with van der Waals surface area (Å²) in [5, 5.41) is 21.9. The number of tetrazole rings is 1. The van der Waals surface area contributed by atoms with Crippen molar-refractivity contribution in [3.63, 3.8) is 0 Å². The van der Waals surface area contributed by atoms with Gasteiger partial charge in [0.2, 0.25) is 0 Å². The van der Waals surface area contributed by atoms with Gasteiger partial charge in [0.05, 0.1) is 12.2 Å². The first-order chi connectivity index (χ1) is 13.7. The molecule has 0 aliphatic carbocycles. The van der Waals surface area contributed by atoms with Gasteiger partial charge in [-0.05, 0) is 34.7 Å². The van der Waals surface area contributed by atoms with Gasteiger partial charge in [-0.25, -0.2) is 19.0 Å². The molecule has 1 N–H and O–H groups in total. The van der Waals surface area contributed by atoms with Crippen molar-refractivity contribution in [1.29, 1.82) is 0 Å². The molecule has 3 heterocycles. The first-order valence-corrected chi connectivity index (χ1v) is 8.25. The van der Waals surface area contributed by atoms with Crippen LogP contribution in [0.25, 0.3) is 11.5 Å². The van der Waals surface area contributed by atoms with Gasteiger partial charge in [-0.1, -0.05) is 6.07 Å². The quantitative estimate of drug-likeness (QED) is 0.461. The molecule has 0 bridgehead atoms.